The molecule has 0 N–H and O–H groups in total. The normalized spacial score (nSPS) is 20.8. The monoisotopic (exact) mass is 295 g/mol. The van der Waals surface area contributed by atoms with Crippen LogP contribution in [0.1, 0.15) is 26.7 Å². The van der Waals surface area contributed by atoms with Gasteiger partial charge >= 0.3 is 5.84 Å². The van der Waals surface area contributed by atoms with Gasteiger partial charge in [-0.1, -0.05) is 0 Å². The Balaban J connectivity index is 2.00. The molecule has 2 aliphatic rings. The smallest absolute Gasteiger partial charge is 0.412 e. The van der Waals surface area contributed by atoms with Gasteiger partial charge in [0, 0.05) is 5.75 Å². The van der Waals surface area contributed by atoms with E-state index in [9.17, 15) is 13.0 Å². The molecule has 0 atom stereocenters. The van der Waals surface area contributed by atoms with Crippen molar-refractivity contribution in [3.63, 3.8) is 0 Å². The SMILES string of the molecule is C=C1N=C2C(=C[CH+]C=[N+]2CCCCS(=O)(=O)[O-])C1(C)C. The molecule has 108 valence electrons. The summed E-state index contributed by atoms with van der Waals surface area (Å²) in [5, 5.41) is 0. The first-order valence-corrected chi connectivity index (χ1v) is 8.17. The predicted molar refractivity (Wildman–Crippen MR) is 77.7 cm³/mol. The summed E-state index contributed by atoms with van der Waals surface area (Å²) >= 11 is 0. The fourth-order valence-corrected chi connectivity index (χ4v) is 2.88. The van der Waals surface area contributed by atoms with Gasteiger partial charge in [-0.2, -0.15) is 4.58 Å². The molecule has 0 saturated heterocycles. The fourth-order valence-electron chi connectivity index (χ4n) is 2.32. The van der Waals surface area contributed by atoms with E-state index in [-0.39, 0.29) is 11.2 Å². The quantitative estimate of drug-likeness (QED) is 0.334. The molecule has 0 saturated carbocycles. The van der Waals surface area contributed by atoms with Crippen LogP contribution in [0.15, 0.2) is 28.9 Å². The first-order chi connectivity index (χ1) is 9.22. The second kappa shape index (κ2) is 5.18. The van der Waals surface area contributed by atoms with Gasteiger partial charge in [0.2, 0.25) is 0 Å². The third kappa shape index (κ3) is 3.02. The fraction of sp³-hybridized carbons (Fsp3) is 0.500. The first kappa shape index (κ1) is 15.0. The van der Waals surface area contributed by atoms with Crippen LogP contribution in [-0.4, -0.2) is 41.9 Å². The minimum absolute atomic E-state index is 0.170. The lowest BCUT2D eigenvalue weighted by molar-refractivity contribution is -0.403. The predicted octanol–water partition coefficient (Wildman–Crippen LogP) is 1.49. The highest BCUT2D eigenvalue weighted by atomic mass is 32.2. The summed E-state index contributed by atoms with van der Waals surface area (Å²) in [5.74, 6) is 0.574. The average molecular weight is 295 g/mol. The molecule has 0 aromatic heterocycles. The Morgan fingerprint density at radius 3 is 2.80 bits per heavy atom. The van der Waals surface area contributed by atoms with Gasteiger partial charge in [0.05, 0.1) is 16.7 Å². The lowest BCUT2D eigenvalue weighted by atomic mass is 9.82. The minimum atomic E-state index is -4.11. The number of hydrogen-bond acceptors (Lipinski definition) is 4. The second-order valence-corrected chi connectivity index (χ2v) is 7.11. The lowest BCUT2D eigenvalue weighted by Gasteiger charge is -2.12. The van der Waals surface area contributed by atoms with Gasteiger partial charge in [0.25, 0.3) is 0 Å². The summed E-state index contributed by atoms with van der Waals surface area (Å²) in [6, 6.07) is 0. The number of unbranched alkanes of at least 4 members (excludes halogenated alkanes) is 1. The van der Waals surface area contributed by atoms with Crippen LogP contribution in [-0.2, 0) is 10.1 Å². The maximum atomic E-state index is 10.6. The maximum Gasteiger partial charge on any atom is 0.412 e. The summed E-state index contributed by atoms with van der Waals surface area (Å²) in [7, 11) is -4.11. The van der Waals surface area contributed by atoms with Crippen molar-refractivity contribution in [2.75, 3.05) is 12.3 Å². The number of nitrogens with zero attached hydrogens (tertiary/aromatic N) is 2. The second-order valence-electron chi connectivity index (χ2n) is 5.59. The molecule has 0 amide bonds. The molecule has 0 spiro atoms. The van der Waals surface area contributed by atoms with E-state index >= 15 is 0 Å². The Bertz CT molecular complexity index is 625. The number of allylic oxidation sites excluding steroid dienone is 2. The molecule has 0 fully saturated rings. The van der Waals surface area contributed by atoms with Crippen LogP contribution in [0.3, 0.4) is 0 Å². The van der Waals surface area contributed by atoms with Gasteiger partial charge in [-0.25, -0.2) is 8.42 Å². The zero-order valence-electron chi connectivity index (χ0n) is 11.8. The highest BCUT2D eigenvalue weighted by Crippen LogP contribution is 2.42. The summed E-state index contributed by atoms with van der Waals surface area (Å²) in [4.78, 5) is 4.52. The average Bonchev–Trinajstić information content (AvgIpc) is 2.56. The number of rotatable bonds is 5. The van der Waals surface area contributed by atoms with Gasteiger partial charge in [-0.05, 0) is 38.3 Å². The zero-order valence-corrected chi connectivity index (χ0v) is 12.6. The van der Waals surface area contributed by atoms with Crippen molar-refractivity contribution >= 4 is 22.2 Å². The highest BCUT2D eigenvalue weighted by Gasteiger charge is 2.52. The molecule has 0 bridgehead atoms. The Morgan fingerprint density at radius 1 is 1.45 bits per heavy atom. The number of aliphatic imine (C=N–C) groups is 1. The molecule has 0 radical (unpaired) electrons. The van der Waals surface area contributed by atoms with E-state index < -0.39 is 10.1 Å². The molecule has 2 rings (SSSR count). The van der Waals surface area contributed by atoms with E-state index in [0.29, 0.717) is 19.4 Å². The van der Waals surface area contributed by atoms with Crippen LogP contribution in [0.5, 0.6) is 0 Å². The van der Waals surface area contributed by atoms with Crippen molar-refractivity contribution in [1.82, 2.24) is 0 Å². The minimum Gasteiger partial charge on any atom is -0.748 e. The van der Waals surface area contributed by atoms with Crippen molar-refractivity contribution in [1.29, 1.82) is 0 Å². The Morgan fingerprint density at radius 2 is 2.15 bits per heavy atom. The molecular weight excluding hydrogens is 276 g/mol. The third-order valence-corrected chi connectivity index (χ3v) is 4.51. The van der Waals surface area contributed by atoms with E-state index in [1.165, 1.54) is 0 Å². The van der Waals surface area contributed by atoms with Crippen molar-refractivity contribution in [2.24, 2.45) is 10.4 Å². The zero-order chi connectivity index (χ0) is 15.0. The van der Waals surface area contributed by atoms with Crippen molar-refractivity contribution in [3.05, 3.63) is 30.3 Å². The van der Waals surface area contributed by atoms with Crippen LogP contribution < -0.4 is 0 Å². The molecule has 0 aromatic rings. The van der Waals surface area contributed by atoms with E-state index in [4.69, 9.17) is 0 Å². The third-order valence-electron chi connectivity index (χ3n) is 3.72. The Kier molecular flexibility index (Phi) is 3.88. The van der Waals surface area contributed by atoms with Crippen molar-refractivity contribution in [2.45, 2.75) is 26.7 Å². The van der Waals surface area contributed by atoms with Gasteiger partial charge < -0.3 is 4.55 Å². The number of hydrogen-bond donors (Lipinski definition) is 0. The maximum absolute atomic E-state index is 10.6. The van der Waals surface area contributed by atoms with Gasteiger partial charge in [0.15, 0.2) is 17.5 Å². The number of fused-ring (bicyclic) bond motifs is 1. The van der Waals surface area contributed by atoms with Crippen LogP contribution in [0.2, 0.25) is 0 Å². The highest BCUT2D eigenvalue weighted by molar-refractivity contribution is 7.85. The summed E-state index contributed by atoms with van der Waals surface area (Å²) in [6.45, 7) is 8.80. The van der Waals surface area contributed by atoms with E-state index in [1.807, 2.05) is 23.3 Å². The lowest BCUT2D eigenvalue weighted by Crippen LogP contribution is -2.30. The van der Waals surface area contributed by atoms with Crippen LogP contribution >= 0.6 is 0 Å². The Labute approximate surface area is 120 Å². The topological polar surface area (TPSA) is 72.6 Å². The van der Waals surface area contributed by atoms with Crippen molar-refractivity contribution in [3.8, 4) is 0 Å². The van der Waals surface area contributed by atoms with Crippen LogP contribution in [0, 0.1) is 11.8 Å². The number of amidine groups is 1. The summed E-state index contributed by atoms with van der Waals surface area (Å²) < 4.78 is 33.7. The van der Waals surface area contributed by atoms with E-state index in [0.717, 1.165) is 17.1 Å². The molecule has 0 aromatic carbocycles. The molecule has 6 heteroatoms. The summed E-state index contributed by atoms with van der Waals surface area (Å²) in [6.07, 6.45) is 6.91. The first-order valence-electron chi connectivity index (χ1n) is 6.59. The van der Waals surface area contributed by atoms with Gasteiger partial charge in [0.1, 0.15) is 17.9 Å². The largest absolute Gasteiger partial charge is 0.748 e. The van der Waals surface area contributed by atoms with Gasteiger partial charge in [-0.15, -0.1) is 0 Å². The molecule has 20 heavy (non-hydrogen) atoms. The molecule has 0 unspecified atom stereocenters. The van der Waals surface area contributed by atoms with Crippen LogP contribution in [0.4, 0.5) is 0 Å². The molecule has 2 aliphatic heterocycles. The van der Waals surface area contributed by atoms with Crippen molar-refractivity contribution < 1.29 is 17.5 Å². The summed E-state index contributed by atoms with van der Waals surface area (Å²) in [5.41, 5.74) is 1.78. The van der Waals surface area contributed by atoms with E-state index in [1.54, 1.807) is 0 Å². The molecular formula is C14H19N2O3S+. The standard InChI is InChI=1S/C14H19N2O3S/c1-11-14(2,3)12-7-6-9-16(13(12)15-11)8-4-5-10-20(17,18)19/h6-7,9H,1,4-5,8,10H2,2-3H3/q+1. The van der Waals surface area contributed by atoms with Gasteiger partial charge in [-0.3, -0.25) is 0 Å². The molecule has 5 nitrogen and oxygen atoms in total. The van der Waals surface area contributed by atoms with Crippen LogP contribution in [0.25, 0.3) is 0 Å². The Hall–Kier alpha value is -1.40. The van der Waals surface area contributed by atoms with E-state index in [2.05, 4.69) is 25.4 Å². The molecule has 2 heterocycles. The molecule has 0 aliphatic carbocycles.